The van der Waals surface area contributed by atoms with Crippen molar-refractivity contribution in [2.24, 2.45) is 4.99 Å². The summed E-state index contributed by atoms with van der Waals surface area (Å²) in [4.78, 5) is 39.1. The number of nitro groups is 1. The van der Waals surface area contributed by atoms with Crippen LogP contribution in [0, 0.1) is 10.1 Å². The predicted molar refractivity (Wildman–Crippen MR) is 106 cm³/mol. The van der Waals surface area contributed by atoms with Crippen molar-refractivity contribution in [3.63, 3.8) is 0 Å². The van der Waals surface area contributed by atoms with Crippen LogP contribution in [0.1, 0.15) is 6.42 Å². The number of methoxy groups -OCH3 is 1. The van der Waals surface area contributed by atoms with Gasteiger partial charge in [0.2, 0.25) is 11.8 Å². The van der Waals surface area contributed by atoms with Crippen LogP contribution in [-0.2, 0) is 9.59 Å². The van der Waals surface area contributed by atoms with Crippen LogP contribution in [0.5, 0.6) is 5.75 Å². The molecule has 28 heavy (non-hydrogen) atoms. The lowest BCUT2D eigenvalue weighted by atomic mass is 10.2. The molecule has 144 valence electrons. The molecule has 1 atom stereocenters. The number of amides is 2. The SMILES string of the molecule is COc1cc([N+](=O)[O-])ccc1NC(=O)C[C@@H]1SC(=Nc2ccccc2)NC1=O. The number of rotatable bonds is 6. The number of non-ortho nitro benzene ring substituents is 1. The minimum absolute atomic E-state index is 0.0789. The van der Waals surface area contributed by atoms with E-state index >= 15 is 0 Å². The molecule has 0 radical (unpaired) electrons. The third-order valence-corrected chi connectivity index (χ3v) is 4.89. The fourth-order valence-corrected chi connectivity index (χ4v) is 3.47. The number of nitrogens with one attached hydrogen (secondary N) is 2. The molecule has 0 bridgehead atoms. The number of ether oxygens (including phenoxy) is 1. The molecule has 2 N–H and O–H groups in total. The number of hydrogen-bond donors (Lipinski definition) is 2. The number of thioether (sulfide) groups is 1. The molecule has 9 nitrogen and oxygen atoms in total. The molecule has 10 heteroatoms. The average Bonchev–Trinajstić information content (AvgIpc) is 3.01. The Balaban J connectivity index is 1.64. The zero-order valence-electron chi connectivity index (χ0n) is 14.7. The molecule has 3 rings (SSSR count). The Bertz CT molecular complexity index is 948. The van der Waals surface area contributed by atoms with Gasteiger partial charge in [0, 0.05) is 12.5 Å². The summed E-state index contributed by atoms with van der Waals surface area (Å²) in [7, 11) is 1.35. The van der Waals surface area contributed by atoms with Gasteiger partial charge >= 0.3 is 0 Å². The monoisotopic (exact) mass is 400 g/mol. The number of aliphatic imine (C=N–C) groups is 1. The molecule has 1 aliphatic heterocycles. The van der Waals surface area contributed by atoms with E-state index < -0.39 is 16.1 Å². The van der Waals surface area contributed by atoms with Gasteiger partial charge in [-0.15, -0.1) is 0 Å². The number of hydrogen-bond acceptors (Lipinski definition) is 7. The maximum absolute atomic E-state index is 12.3. The van der Waals surface area contributed by atoms with Crippen molar-refractivity contribution in [2.75, 3.05) is 12.4 Å². The predicted octanol–water partition coefficient (Wildman–Crippen LogP) is 2.85. The molecule has 0 aliphatic carbocycles. The van der Waals surface area contributed by atoms with Crippen LogP contribution in [0.25, 0.3) is 0 Å². The van der Waals surface area contributed by atoms with E-state index in [-0.39, 0.29) is 23.8 Å². The number of benzene rings is 2. The van der Waals surface area contributed by atoms with Crippen molar-refractivity contribution < 1.29 is 19.2 Å². The Labute approximate surface area is 164 Å². The standard InChI is InChI=1S/C18H16N4O5S/c1-27-14-9-12(22(25)26)7-8-13(14)20-16(23)10-15-17(24)21-18(28-15)19-11-5-3-2-4-6-11/h2-9,15H,10H2,1H3,(H,20,23)(H,19,21,24)/t15-/m0/s1. The molecule has 2 amide bonds. The van der Waals surface area contributed by atoms with Crippen LogP contribution in [0.15, 0.2) is 53.5 Å². The highest BCUT2D eigenvalue weighted by atomic mass is 32.2. The summed E-state index contributed by atoms with van der Waals surface area (Å²) in [5, 5.41) is 15.9. The molecule has 0 spiro atoms. The van der Waals surface area contributed by atoms with Gasteiger partial charge in [0.1, 0.15) is 11.0 Å². The molecule has 0 unspecified atom stereocenters. The van der Waals surface area contributed by atoms with Gasteiger partial charge in [-0.2, -0.15) is 0 Å². The van der Waals surface area contributed by atoms with Crippen LogP contribution >= 0.6 is 11.8 Å². The molecule has 0 saturated carbocycles. The number of carbonyl (C=O) groups is 2. The number of anilines is 1. The van der Waals surface area contributed by atoms with Gasteiger partial charge < -0.3 is 15.4 Å². The Kier molecular flexibility index (Phi) is 5.90. The van der Waals surface area contributed by atoms with Crippen molar-refractivity contribution >= 4 is 45.8 Å². The van der Waals surface area contributed by atoms with Gasteiger partial charge in [0.25, 0.3) is 5.69 Å². The lowest BCUT2D eigenvalue weighted by molar-refractivity contribution is -0.384. The van der Waals surface area contributed by atoms with Gasteiger partial charge in [-0.05, 0) is 18.2 Å². The van der Waals surface area contributed by atoms with Gasteiger partial charge in [-0.1, -0.05) is 30.0 Å². The zero-order valence-corrected chi connectivity index (χ0v) is 15.6. The molecular formula is C18H16N4O5S. The molecule has 1 aliphatic rings. The summed E-state index contributed by atoms with van der Waals surface area (Å²) < 4.78 is 5.09. The van der Waals surface area contributed by atoms with Crippen LogP contribution in [0.4, 0.5) is 17.1 Å². The normalized spacial score (nSPS) is 17.2. The fraction of sp³-hybridized carbons (Fsp3) is 0.167. The summed E-state index contributed by atoms with van der Waals surface area (Å²) in [5.41, 5.74) is 0.841. The lowest BCUT2D eigenvalue weighted by Gasteiger charge is -2.11. The topological polar surface area (TPSA) is 123 Å². The average molecular weight is 400 g/mol. The lowest BCUT2D eigenvalue weighted by Crippen LogP contribution is -2.28. The van der Waals surface area contributed by atoms with Crippen molar-refractivity contribution in [3.8, 4) is 5.75 Å². The van der Waals surface area contributed by atoms with Crippen molar-refractivity contribution in [3.05, 3.63) is 58.6 Å². The van der Waals surface area contributed by atoms with Crippen LogP contribution in [-0.4, -0.2) is 34.3 Å². The van der Waals surface area contributed by atoms with Gasteiger partial charge in [0.05, 0.1) is 29.5 Å². The first-order chi connectivity index (χ1) is 13.5. The van der Waals surface area contributed by atoms with Crippen LogP contribution < -0.4 is 15.4 Å². The first-order valence-corrected chi connectivity index (χ1v) is 9.08. The third kappa shape index (κ3) is 4.65. The van der Waals surface area contributed by atoms with Crippen molar-refractivity contribution in [1.82, 2.24) is 5.32 Å². The highest BCUT2D eigenvalue weighted by Gasteiger charge is 2.32. The van der Waals surface area contributed by atoms with Gasteiger partial charge in [-0.25, -0.2) is 4.99 Å². The maximum atomic E-state index is 12.3. The number of amidine groups is 1. The smallest absolute Gasteiger partial charge is 0.273 e. The minimum atomic E-state index is -0.619. The van der Waals surface area contributed by atoms with Crippen molar-refractivity contribution in [2.45, 2.75) is 11.7 Å². The molecular weight excluding hydrogens is 384 g/mol. The summed E-state index contributed by atoms with van der Waals surface area (Å²) in [6, 6.07) is 13.0. The van der Waals surface area contributed by atoms with E-state index in [0.29, 0.717) is 16.5 Å². The molecule has 0 aromatic heterocycles. The summed E-state index contributed by atoms with van der Waals surface area (Å²) in [5.74, 6) is -0.552. The van der Waals surface area contributed by atoms with E-state index in [9.17, 15) is 19.7 Å². The Morgan fingerprint density at radius 2 is 2.07 bits per heavy atom. The van der Waals surface area contributed by atoms with Gasteiger partial charge in [-0.3, -0.25) is 19.7 Å². The van der Waals surface area contributed by atoms with E-state index in [1.807, 2.05) is 18.2 Å². The number of nitrogens with zero attached hydrogens (tertiary/aromatic N) is 2. The van der Waals surface area contributed by atoms with E-state index in [2.05, 4.69) is 15.6 Å². The van der Waals surface area contributed by atoms with E-state index in [1.165, 1.54) is 37.1 Å². The quantitative estimate of drug-likeness (QED) is 0.568. The van der Waals surface area contributed by atoms with Crippen molar-refractivity contribution in [1.29, 1.82) is 0 Å². The Morgan fingerprint density at radius 3 is 2.75 bits per heavy atom. The summed E-state index contributed by atoms with van der Waals surface area (Å²) >= 11 is 1.18. The second-order valence-corrected chi connectivity index (χ2v) is 6.93. The molecule has 1 heterocycles. The number of nitro benzene ring substituents is 1. The number of carbonyl (C=O) groups excluding carboxylic acids is 2. The number of para-hydroxylation sites is 1. The second kappa shape index (κ2) is 8.53. The second-order valence-electron chi connectivity index (χ2n) is 5.74. The van der Waals surface area contributed by atoms with Gasteiger partial charge in [0.15, 0.2) is 5.17 Å². The fourth-order valence-electron chi connectivity index (χ4n) is 2.48. The Hall–Kier alpha value is -3.40. The summed E-state index contributed by atoms with van der Waals surface area (Å²) in [6.07, 6.45) is -0.0789. The van der Waals surface area contributed by atoms with Crippen LogP contribution in [0.2, 0.25) is 0 Å². The van der Waals surface area contributed by atoms with Crippen LogP contribution in [0.3, 0.4) is 0 Å². The van der Waals surface area contributed by atoms with E-state index in [1.54, 1.807) is 12.1 Å². The molecule has 1 saturated heterocycles. The van der Waals surface area contributed by atoms with E-state index in [4.69, 9.17) is 4.74 Å². The highest BCUT2D eigenvalue weighted by Crippen LogP contribution is 2.30. The summed E-state index contributed by atoms with van der Waals surface area (Å²) in [6.45, 7) is 0. The molecule has 2 aromatic carbocycles. The largest absolute Gasteiger partial charge is 0.494 e. The Morgan fingerprint density at radius 1 is 1.32 bits per heavy atom. The molecule has 1 fully saturated rings. The third-order valence-electron chi connectivity index (χ3n) is 3.80. The van der Waals surface area contributed by atoms with E-state index in [0.717, 1.165) is 0 Å². The first kappa shape index (κ1) is 19.4. The molecule has 2 aromatic rings. The highest BCUT2D eigenvalue weighted by molar-refractivity contribution is 8.15. The first-order valence-electron chi connectivity index (χ1n) is 8.20. The zero-order chi connectivity index (χ0) is 20.1. The minimum Gasteiger partial charge on any atom is -0.494 e. The maximum Gasteiger partial charge on any atom is 0.273 e.